The van der Waals surface area contributed by atoms with Crippen molar-refractivity contribution in [3.05, 3.63) is 132 Å². The molecule has 43 heavy (non-hydrogen) atoms. The number of rotatable bonds is 7. The molecule has 0 saturated carbocycles. The van der Waals surface area contributed by atoms with E-state index in [-0.39, 0.29) is 10.7 Å². The second kappa shape index (κ2) is 11.9. The molecule has 0 radical (unpaired) electrons. The van der Waals surface area contributed by atoms with Gasteiger partial charge in [0.05, 0.1) is 23.7 Å². The Balaban J connectivity index is 1.59. The summed E-state index contributed by atoms with van der Waals surface area (Å²) in [5.74, 6) is -0.230. The van der Waals surface area contributed by atoms with E-state index >= 15 is 0 Å². The quantitative estimate of drug-likeness (QED) is 0.124. The highest BCUT2D eigenvalue weighted by molar-refractivity contribution is 7.80. The Kier molecular flexibility index (Phi) is 7.73. The zero-order valence-corrected chi connectivity index (χ0v) is 24.6. The number of nitrogens with zero attached hydrogens (tertiary/aromatic N) is 2. The summed E-state index contributed by atoms with van der Waals surface area (Å²) in [6.45, 7) is 4.43. The van der Waals surface area contributed by atoms with Crippen molar-refractivity contribution in [2.45, 2.75) is 13.8 Å². The third-order valence-electron chi connectivity index (χ3n) is 7.31. The van der Waals surface area contributed by atoms with Gasteiger partial charge in [-0.1, -0.05) is 78.9 Å². The van der Waals surface area contributed by atoms with E-state index in [1.54, 1.807) is 6.08 Å². The molecule has 0 spiro atoms. The summed E-state index contributed by atoms with van der Waals surface area (Å²) in [4.78, 5) is 28.7. The molecule has 1 aliphatic heterocycles. The molecule has 0 unspecified atom stereocenters. The first-order valence-electron chi connectivity index (χ1n) is 14.0. The SMILES string of the molecule is CCOc1ccc(-n2c(-c3ccccc3)cc(/C=C3\C(=O)NC(=S)N(c4ccccc4C)C3=O)c2-c2ccccc2)cc1. The molecule has 4 aromatic carbocycles. The minimum absolute atomic E-state index is 0.00232. The summed E-state index contributed by atoms with van der Waals surface area (Å²) < 4.78 is 7.86. The smallest absolute Gasteiger partial charge is 0.270 e. The van der Waals surface area contributed by atoms with Gasteiger partial charge < -0.3 is 9.30 Å². The lowest BCUT2D eigenvalue weighted by Crippen LogP contribution is -2.54. The predicted octanol–water partition coefficient (Wildman–Crippen LogP) is 7.35. The molecule has 1 saturated heterocycles. The monoisotopic (exact) mass is 583 g/mol. The number of benzene rings is 4. The molecule has 6 rings (SSSR count). The van der Waals surface area contributed by atoms with Gasteiger partial charge in [-0.25, -0.2) is 0 Å². The van der Waals surface area contributed by atoms with Crippen LogP contribution < -0.4 is 15.0 Å². The second-order valence-corrected chi connectivity index (χ2v) is 10.5. The van der Waals surface area contributed by atoms with Crippen LogP contribution in [0.15, 0.2) is 121 Å². The zero-order valence-electron chi connectivity index (χ0n) is 23.8. The van der Waals surface area contributed by atoms with Gasteiger partial charge in [0, 0.05) is 11.3 Å². The predicted molar refractivity (Wildman–Crippen MR) is 175 cm³/mol. The van der Waals surface area contributed by atoms with Crippen molar-refractivity contribution >= 4 is 40.9 Å². The van der Waals surface area contributed by atoms with E-state index in [0.29, 0.717) is 12.3 Å². The lowest BCUT2D eigenvalue weighted by atomic mass is 10.0. The number of anilines is 1. The second-order valence-electron chi connectivity index (χ2n) is 10.1. The van der Waals surface area contributed by atoms with Crippen LogP contribution in [0, 0.1) is 6.92 Å². The van der Waals surface area contributed by atoms with Gasteiger partial charge in [0.2, 0.25) is 0 Å². The minimum atomic E-state index is -0.533. The van der Waals surface area contributed by atoms with Crippen LogP contribution in [0.5, 0.6) is 5.75 Å². The van der Waals surface area contributed by atoms with E-state index in [2.05, 4.69) is 9.88 Å². The highest BCUT2D eigenvalue weighted by atomic mass is 32.1. The molecule has 1 aromatic heterocycles. The third-order valence-corrected chi connectivity index (χ3v) is 7.60. The lowest BCUT2D eigenvalue weighted by molar-refractivity contribution is -0.122. The highest BCUT2D eigenvalue weighted by Crippen LogP contribution is 2.38. The summed E-state index contributed by atoms with van der Waals surface area (Å²) >= 11 is 5.46. The average Bonchev–Trinajstić information content (AvgIpc) is 3.41. The Morgan fingerprint density at radius 3 is 2.09 bits per heavy atom. The minimum Gasteiger partial charge on any atom is -0.494 e. The number of ether oxygens (including phenoxy) is 1. The normalized spacial score (nSPS) is 14.2. The van der Waals surface area contributed by atoms with Crippen LogP contribution in [0.3, 0.4) is 0 Å². The number of hydrogen-bond acceptors (Lipinski definition) is 4. The Morgan fingerprint density at radius 2 is 1.44 bits per heavy atom. The number of carbonyl (C=O) groups excluding carboxylic acids is 2. The van der Waals surface area contributed by atoms with Crippen molar-refractivity contribution in [2.75, 3.05) is 11.5 Å². The Hall–Kier alpha value is -5.27. The van der Waals surface area contributed by atoms with Crippen LogP contribution in [0.4, 0.5) is 5.69 Å². The van der Waals surface area contributed by atoms with E-state index in [9.17, 15) is 9.59 Å². The molecule has 0 atom stereocenters. The fourth-order valence-electron chi connectivity index (χ4n) is 5.33. The first-order chi connectivity index (χ1) is 21.0. The Bertz CT molecular complexity index is 1860. The molecule has 0 bridgehead atoms. The van der Waals surface area contributed by atoms with E-state index in [1.807, 2.05) is 129 Å². The summed E-state index contributed by atoms with van der Waals surface area (Å²) in [6, 6.07) is 37.4. The number of aromatic nitrogens is 1. The molecule has 7 heteroatoms. The number of thiocarbonyl (C=S) groups is 1. The summed E-state index contributed by atoms with van der Waals surface area (Å²) in [6.07, 6.45) is 1.67. The number of amides is 2. The molecule has 0 aliphatic carbocycles. The topological polar surface area (TPSA) is 63.6 Å². The third kappa shape index (κ3) is 5.38. The van der Waals surface area contributed by atoms with Crippen molar-refractivity contribution < 1.29 is 14.3 Å². The molecular formula is C36H29N3O3S. The van der Waals surface area contributed by atoms with Gasteiger partial charge in [-0.15, -0.1) is 0 Å². The Labute approximate surface area is 255 Å². The maximum atomic E-state index is 14.0. The summed E-state index contributed by atoms with van der Waals surface area (Å²) in [5.41, 5.74) is 6.79. The standard InChI is InChI=1S/C36H29N3O3S/c1-3-42-29-20-18-28(19-21-29)38-32(25-13-6-4-7-14-25)23-27(33(38)26-15-8-5-9-16-26)22-30-34(40)37-36(43)39(35(30)41)31-17-11-10-12-24(31)2/h4-23H,3H2,1-2H3,(H,37,40,43)/b30-22+. The van der Waals surface area contributed by atoms with Crippen molar-refractivity contribution in [1.82, 2.24) is 9.88 Å². The van der Waals surface area contributed by atoms with Crippen molar-refractivity contribution in [2.24, 2.45) is 0 Å². The number of para-hydroxylation sites is 1. The van der Waals surface area contributed by atoms with Gasteiger partial charge in [-0.05, 0) is 85.2 Å². The molecule has 2 amide bonds. The van der Waals surface area contributed by atoms with Crippen LogP contribution in [0.1, 0.15) is 18.1 Å². The van der Waals surface area contributed by atoms with Crippen LogP contribution in [-0.4, -0.2) is 28.1 Å². The zero-order chi connectivity index (χ0) is 29.9. The number of nitrogens with one attached hydrogen (secondary N) is 1. The molecule has 1 fully saturated rings. The Morgan fingerprint density at radius 1 is 0.814 bits per heavy atom. The van der Waals surface area contributed by atoms with E-state index in [4.69, 9.17) is 17.0 Å². The fourth-order valence-corrected chi connectivity index (χ4v) is 5.60. The average molecular weight is 584 g/mol. The van der Waals surface area contributed by atoms with Crippen LogP contribution >= 0.6 is 12.2 Å². The van der Waals surface area contributed by atoms with Gasteiger partial charge >= 0.3 is 0 Å². The number of hydrogen-bond donors (Lipinski definition) is 1. The molecule has 1 N–H and O–H groups in total. The van der Waals surface area contributed by atoms with Crippen LogP contribution in [-0.2, 0) is 9.59 Å². The number of carbonyl (C=O) groups is 2. The van der Waals surface area contributed by atoms with Gasteiger partial charge in [0.25, 0.3) is 11.8 Å². The maximum absolute atomic E-state index is 14.0. The van der Waals surface area contributed by atoms with Crippen LogP contribution in [0.2, 0.25) is 0 Å². The van der Waals surface area contributed by atoms with Gasteiger partial charge in [0.1, 0.15) is 11.3 Å². The van der Waals surface area contributed by atoms with Gasteiger partial charge in [-0.2, -0.15) is 0 Å². The summed E-state index contributed by atoms with van der Waals surface area (Å²) in [7, 11) is 0. The summed E-state index contributed by atoms with van der Waals surface area (Å²) in [5, 5.41) is 2.78. The molecule has 1 aliphatic rings. The first-order valence-corrected chi connectivity index (χ1v) is 14.4. The fraction of sp³-hybridized carbons (Fsp3) is 0.0833. The lowest BCUT2D eigenvalue weighted by Gasteiger charge is -2.30. The van der Waals surface area contributed by atoms with Crippen LogP contribution in [0.25, 0.3) is 34.3 Å². The number of aryl methyl sites for hydroxylation is 1. The largest absolute Gasteiger partial charge is 0.494 e. The van der Waals surface area contributed by atoms with E-state index < -0.39 is 11.8 Å². The highest BCUT2D eigenvalue weighted by Gasteiger charge is 2.35. The van der Waals surface area contributed by atoms with Gasteiger partial charge in [-0.3, -0.25) is 19.8 Å². The van der Waals surface area contributed by atoms with Crippen molar-refractivity contribution in [3.8, 4) is 34.0 Å². The first kappa shape index (κ1) is 27.9. The maximum Gasteiger partial charge on any atom is 0.270 e. The molecular weight excluding hydrogens is 554 g/mol. The molecule has 5 aromatic rings. The van der Waals surface area contributed by atoms with E-state index in [0.717, 1.165) is 45.1 Å². The van der Waals surface area contributed by atoms with Crippen molar-refractivity contribution in [1.29, 1.82) is 0 Å². The van der Waals surface area contributed by atoms with E-state index in [1.165, 1.54) is 4.90 Å². The molecule has 2 heterocycles. The van der Waals surface area contributed by atoms with Gasteiger partial charge in [0.15, 0.2) is 5.11 Å². The molecule has 6 nitrogen and oxygen atoms in total. The van der Waals surface area contributed by atoms with Crippen molar-refractivity contribution in [3.63, 3.8) is 0 Å². The molecule has 212 valence electrons.